The van der Waals surface area contributed by atoms with Crippen LogP contribution in [0.3, 0.4) is 0 Å². The molecule has 2 saturated heterocycles. The van der Waals surface area contributed by atoms with Crippen LogP contribution >= 0.6 is 23.1 Å². The van der Waals surface area contributed by atoms with Crippen LogP contribution in [-0.4, -0.2) is 83.3 Å². The van der Waals surface area contributed by atoms with Gasteiger partial charge in [0, 0.05) is 35.6 Å². The number of hydrogen-bond donors (Lipinski definition) is 4. The van der Waals surface area contributed by atoms with E-state index in [-0.39, 0.29) is 34.1 Å². The van der Waals surface area contributed by atoms with E-state index in [4.69, 9.17) is 5.73 Å². The molecule has 0 aromatic carbocycles. The van der Waals surface area contributed by atoms with Gasteiger partial charge in [-0.3, -0.25) is 24.2 Å². The van der Waals surface area contributed by atoms with Gasteiger partial charge in [0.2, 0.25) is 5.95 Å². The Labute approximate surface area is 216 Å². The zero-order chi connectivity index (χ0) is 26.3. The topological polar surface area (TPSA) is 204 Å². The lowest BCUT2D eigenvalue weighted by Gasteiger charge is -2.49. The number of anilines is 2. The van der Waals surface area contributed by atoms with Gasteiger partial charge in [-0.05, 0) is 24.1 Å². The van der Waals surface area contributed by atoms with Crippen molar-refractivity contribution in [1.82, 2.24) is 25.2 Å². The number of allylic oxidation sites excluding steroid dienone is 1. The molecule has 3 amide bonds. The second-order valence-electron chi connectivity index (χ2n) is 7.98. The Balaban J connectivity index is 1.35. The third-order valence-electron chi connectivity index (χ3n) is 5.83. The van der Waals surface area contributed by atoms with Gasteiger partial charge in [-0.25, -0.2) is 19.7 Å². The molecule has 5 rings (SSSR count). The van der Waals surface area contributed by atoms with Crippen molar-refractivity contribution in [1.29, 1.82) is 0 Å². The lowest BCUT2D eigenvalue weighted by Crippen LogP contribution is -2.71. The highest BCUT2D eigenvalue weighted by Crippen LogP contribution is 2.41. The first-order valence-corrected chi connectivity index (χ1v) is 12.7. The van der Waals surface area contributed by atoms with E-state index in [0.29, 0.717) is 24.1 Å². The molecule has 14 nitrogen and oxygen atoms in total. The molecule has 0 unspecified atom stereocenters. The van der Waals surface area contributed by atoms with E-state index < -0.39 is 34.9 Å². The third kappa shape index (κ3) is 4.29. The first-order chi connectivity index (χ1) is 17.8. The molecule has 37 heavy (non-hydrogen) atoms. The van der Waals surface area contributed by atoms with Crippen LogP contribution in [0.1, 0.15) is 12.1 Å². The van der Waals surface area contributed by atoms with Crippen LogP contribution in [-0.2, 0) is 19.2 Å². The van der Waals surface area contributed by atoms with E-state index in [1.165, 1.54) is 40.5 Å². The van der Waals surface area contributed by atoms with E-state index in [1.54, 1.807) is 6.07 Å². The Morgan fingerprint density at radius 3 is 2.68 bits per heavy atom. The maximum atomic E-state index is 12.9. The number of carbonyl (C=O) groups is 4. The second-order valence-corrected chi connectivity index (χ2v) is 9.98. The van der Waals surface area contributed by atoms with Crippen LogP contribution in [0.2, 0.25) is 0 Å². The molecular weight excluding hydrogens is 524 g/mol. The summed E-state index contributed by atoms with van der Waals surface area (Å²) in [6.07, 6.45) is 4.90. The molecule has 0 aliphatic carbocycles. The molecule has 0 saturated carbocycles. The molecule has 2 atom stereocenters. The van der Waals surface area contributed by atoms with Crippen LogP contribution in [0.4, 0.5) is 11.1 Å². The summed E-state index contributed by atoms with van der Waals surface area (Å²) in [6, 6.07) is 0.583. The number of oxime groups is 1. The lowest BCUT2D eigenvalue weighted by molar-refractivity contribution is -0.150. The number of nitrogens with zero attached hydrogens (tertiary/aromatic N) is 6. The molecule has 5 N–H and O–H groups in total. The molecule has 16 heteroatoms. The van der Waals surface area contributed by atoms with Gasteiger partial charge < -0.3 is 21.4 Å². The summed E-state index contributed by atoms with van der Waals surface area (Å²) in [6.45, 7) is 0.344. The molecule has 0 spiro atoms. The number of carbonyl (C=O) groups excluding carboxylic acids is 3. The maximum absolute atomic E-state index is 12.9. The minimum atomic E-state index is -1.33. The van der Waals surface area contributed by atoms with Crippen molar-refractivity contribution < 1.29 is 29.5 Å². The predicted molar refractivity (Wildman–Crippen MR) is 132 cm³/mol. The molecule has 3 aliphatic rings. The monoisotopic (exact) mass is 542 g/mol. The minimum Gasteiger partial charge on any atom is -0.477 e. The van der Waals surface area contributed by atoms with Gasteiger partial charge in [0.25, 0.3) is 17.7 Å². The van der Waals surface area contributed by atoms with Gasteiger partial charge in [-0.2, -0.15) is 0 Å². The molecule has 0 radical (unpaired) electrons. The van der Waals surface area contributed by atoms with Crippen molar-refractivity contribution in [2.75, 3.05) is 22.9 Å². The number of carboxylic acid groups (broad SMARTS) is 1. The number of hydrogen-bond acceptors (Lipinski definition) is 12. The highest BCUT2D eigenvalue weighted by Gasteiger charge is 2.54. The molecular formula is C21H18N8O6S2. The lowest BCUT2D eigenvalue weighted by atomic mass is 10.0. The van der Waals surface area contributed by atoms with Crippen LogP contribution in [0, 0.1) is 0 Å². The molecule has 5 heterocycles. The number of rotatable bonds is 6. The fourth-order valence-corrected chi connectivity index (χ4v) is 6.01. The quantitative estimate of drug-likeness (QED) is 0.124. The Kier molecular flexibility index (Phi) is 6.34. The van der Waals surface area contributed by atoms with Crippen LogP contribution < -0.4 is 16.0 Å². The molecule has 190 valence electrons. The number of carboxylic acids is 1. The Morgan fingerprint density at radius 1 is 1.27 bits per heavy atom. The van der Waals surface area contributed by atoms with Gasteiger partial charge >= 0.3 is 5.97 Å². The van der Waals surface area contributed by atoms with Gasteiger partial charge in [0.15, 0.2) is 10.8 Å². The number of thiazole rings is 1. The smallest absolute Gasteiger partial charge is 0.352 e. The molecule has 2 aromatic heterocycles. The Morgan fingerprint density at radius 2 is 2.03 bits per heavy atom. The number of nitrogen functional groups attached to an aromatic ring is 1. The van der Waals surface area contributed by atoms with Crippen molar-refractivity contribution in [2.45, 2.75) is 17.8 Å². The zero-order valence-electron chi connectivity index (χ0n) is 18.8. The average molecular weight is 543 g/mol. The average Bonchev–Trinajstić information content (AvgIpc) is 3.48. The van der Waals surface area contributed by atoms with E-state index in [0.717, 1.165) is 16.2 Å². The van der Waals surface area contributed by atoms with E-state index >= 15 is 0 Å². The van der Waals surface area contributed by atoms with Crippen LogP contribution in [0.25, 0.3) is 0 Å². The summed E-state index contributed by atoms with van der Waals surface area (Å²) in [5.41, 5.74) is 5.61. The summed E-state index contributed by atoms with van der Waals surface area (Å²) < 4.78 is 0. The fourth-order valence-electron chi connectivity index (χ4n) is 4.15. The van der Waals surface area contributed by atoms with Crippen molar-refractivity contribution in [3.05, 3.63) is 52.5 Å². The van der Waals surface area contributed by atoms with Gasteiger partial charge in [-0.15, -0.1) is 23.1 Å². The molecule has 3 aliphatic heterocycles. The van der Waals surface area contributed by atoms with Gasteiger partial charge in [0.1, 0.15) is 22.8 Å². The number of aliphatic carboxylic acids is 1. The van der Waals surface area contributed by atoms with E-state index in [1.807, 2.05) is 0 Å². The van der Waals surface area contributed by atoms with Crippen molar-refractivity contribution >= 4 is 63.6 Å². The SMILES string of the molecule is Nc1nc(C(=NO)C(=O)N[C@@H]2C(=O)N3C(C(=O)O)=C(C=C4CCN(c5ncccn5)C4=O)CS[C@H]23)cs1. The maximum Gasteiger partial charge on any atom is 0.352 e. The molecule has 0 bridgehead atoms. The minimum absolute atomic E-state index is 0.0404. The number of fused-ring (bicyclic) bond motifs is 1. The predicted octanol–water partition coefficient (Wildman–Crippen LogP) is -0.204. The summed E-state index contributed by atoms with van der Waals surface area (Å²) in [5.74, 6) is -2.74. The number of amides is 3. The second kappa shape index (κ2) is 9.62. The highest BCUT2D eigenvalue weighted by atomic mass is 32.2. The number of nitrogens with one attached hydrogen (secondary N) is 1. The molecule has 2 aromatic rings. The number of thioether (sulfide) groups is 1. The van der Waals surface area contributed by atoms with Crippen LogP contribution in [0.15, 0.2) is 51.9 Å². The highest BCUT2D eigenvalue weighted by molar-refractivity contribution is 8.00. The first kappa shape index (κ1) is 24.4. The molecule has 2 fully saturated rings. The summed E-state index contributed by atoms with van der Waals surface area (Å²) >= 11 is 2.28. The third-order valence-corrected chi connectivity index (χ3v) is 7.81. The van der Waals surface area contributed by atoms with E-state index in [2.05, 4.69) is 25.4 Å². The van der Waals surface area contributed by atoms with Crippen molar-refractivity contribution in [3.8, 4) is 0 Å². The number of β-lactam (4-membered cyclic amide) rings is 1. The fraction of sp³-hybridized carbons (Fsp3) is 0.238. The Bertz CT molecular complexity index is 1400. The van der Waals surface area contributed by atoms with Crippen LogP contribution in [0.5, 0.6) is 0 Å². The summed E-state index contributed by atoms with van der Waals surface area (Å²) in [5, 5.41) is 25.5. The zero-order valence-corrected chi connectivity index (χ0v) is 20.4. The van der Waals surface area contributed by atoms with Crippen molar-refractivity contribution in [2.24, 2.45) is 5.16 Å². The van der Waals surface area contributed by atoms with Gasteiger partial charge in [0.05, 0.1) is 0 Å². The first-order valence-electron chi connectivity index (χ1n) is 10.7. The van der Waals surface area contributed by atoms with E-state index in [9.17, 15) is 29.5 Å². The normalized spacial score (nSPS) is 22.8. The van der Waals surface area contributed by atoms with Crippen molar-refractivity contribution in [3.63, 3.8) is 0 Å². The Hall–Kier alpha value is -4.31. The number of aromatic nitrogens is 3. The number of nitrogens with two attached hydrogens (primary N) is 1. The standard InChI is InChI=1S/C21H18N8O6S2/c22-20-25-11(8-37-20)12(27-35)15(30)26-13-17(32)29-14(19(33)34)10(7-36-18(13)29)6-9-2-5-28(16(9)31)21-23-3-1-4-24-21/h1,3-4,6,8,13,18,35H,2,5,7H2,(H2,22,25)(H,26,30)(H,33,34)/t13-,18-/m1/s1. The van der Waals surface area contributed by atoms with Gasteiger partial charge in [-0.1, -0.05) is 5.16 Å². The largest absolute Gasteiger partial charge is 0.477 e. The summed E-state index contributed by atoms with van der Waals surface area (Å²) in [4.78, 5) is 65.2. The summed E-state index contributed by atoms with van der Waals surface area (Å²) in [7, 11) is 0.